The molecule has 2 atom stereocenters. The van der Waals surface area contributed by atoms with E-state index >= 15 is 0 Å². The largest absolute Gasteiger partial charge is 0.384 e. The van der Waals surface area contributed by atoms with Crippen LogP contribution in [-0.4, -0.2) is 6.04 Å². The third-order valence-corrected chi connectivity index (χ3v) is 1.91. The maximum Gasteiger partial charge on any atom is 0.156 e. The second-order valence-electron chi connectivity index (χ2n) is 2.66. The summed E-state index contributed by atoms with van der Waals surface area (Å²) in [6.45, 7) is 0. The number of rotatable bonds is 0. The first-order chi connectivity index (χ1) is 5.27. The van der Waals surface area contributed by atoms with Crippen LogP contribution in [0.15, 0.2) is 36.1 Å². The molecule has 0 radical (unpaired) electrons. The molecule has 0 fully saturated rings. The third-order valence-electron chi connectivity index (χ3n) is 1.91. The van der Waals surface area contributed by atoms with E-state index in [-0.39, 0.29) is 12.0 Å². The lowest BCUT2D eigenvalue weighted by Crippen LogP contribution is -2.25. The van der Waals surface area contributed by atoms with Crippen LogP contribution >= 0.6 is 0 Å². The maximum atomic E-state index is 12.6. The van der Waals surface area contributed by atoms with Crippen molar-refractivity contribution in [2.24, 2.45) is 5.92 Å². The fraction of sp³-hybridized carbons (Fsp3) is 0.250. The Morgan fingerprint density at radius 3 is 2.73 bits per heavy atom. The summed E-state index contributed by atoms with van der Waals surface area (Å²) in [4.78, 5) is 0. The summed E-state index contributed by atoms with van der Waals surface area (Å²) in [5, 5.41) is 2.90. The van der Waals surface area contributed by atoms with Gasteiger partial charge in [0.1, 0.15) is 0 Å². The lowest BCUT2D eigenvalue weighted by atomic mass is 9.97. The van der Waals surface area contributed by atoms with Crippen molar-refractivity contribution in [1.82, 2.24) is 5.32 Å². The summed E-state index contributed by atoms with van der Waals surface area (Å²) in [5.74, 6) is -1.53. The number of halogens is 2. The SMILES string of the molecule is FC1=CC2C=CNC2C=C1F. The Morgan fingerprint density at radius 1 is 1.18 bits per heavy atom. The van der Waals surface area contributed by atoms with Gasteiger partial charge in [-0.15, -0.1) is 0 Å². The molecule has 0 aromatic rings. The predicted molar refractivity (Wildman–Crippen MR) is 37.9 cm³/mol. The monoisotopic (exact) mass is 155 g/mol. The van der Waals surface area contributed by atoms with E-state index in [1.165, 1.54) is 12.2 Å². The smallest absolute Gasteiger partial charge is 0.156 e. The minimum atomic E-state index is -0.762. The molecule has 1 heterocycles. The molecule has 1 aliphatic carbocycles. The average molecular weight is 155 g/mol. The molecule has 3 heteroatoms. The molecule has 0 saturated heterocycles. The van der Waals surface area contributed by atoms with E-state index in [2.05, 4.69) is 5.32 Å². The third kappa shape index (κ3) is 0.964. The Morgan fingerprint density at radius 2 is 1.91 bits per heavy atom. The van der Waals surface area contributed by atoms with Crippen LogP contribution in [-0.2, 0) is 0 Å². The Kier molecular flexibility index (Phi) is 1.31. The molecule has 1 nitrogen and oxygen atoms in total. The van der Waals surface area contributed by atoms with Crippen molar-refractivity contribution in [2.45, 2.75) is 6.04 Å². The van der Waals surface area contributed by atoms with Gasteiger partial charge in [0.15, 0.2) is 11.7 Å². The summed E-state index contributed by atoms with van der Waals surface area (Å²) in [6, 6.07) is -0.0884. The lowest BCUT2D eigenvalue weighted by Gasteiger charge is -2.16. The summed E-state index contributed by atoms with van der Waals surface area (Å²) in [6.07, 6.45) is 6.08. The van der Waals surface area contributed by atoms with Gasteiger partial charge in [-0.05, 0) is 18.4 Å². The van der Waals surface area contributed by atoms with Crippen molar-refractivity contribution in [1.29, 1.82) is 0 Å². The van der Waals surface area contributed by atoms with Gasteiger partial charge in [-0.3, -0.25) is 0 Å². The first-order valence-corrected chi connectivity index (χ1v) is 3.45. The molecule has 2 unspecified atom stereocenters. The number of allylic oxidation sites excluding steroid dienone is 2. The normalized spacial score (nSPS) is 34.0. The van der Waals surface area contributed by atoms with Crippen molar-refractivity contribution in [3.05, 3.63) is 36.1 Å². The summed E-state index contributed by atoms with van der Waals surface area (Å²) < 4.78 is 25.1. The van der Waals surface area contributed by atoms with E-state index in [0.29, 0.717) is 0 Å². The molecule has 58 valence electrons. The Labute approximate surface area is 63.1 Å². The van der Waals surface area contributed by atoms with E-state index in [9.17, 15) is 8.78 Å². The summed E-state index contributed by atoms with van der Waals surface area (Å²) >= 11 is 0. The zero-order valence-corrected chi connectivity index (χ0v) is 5.72. The molecule has 11 heavy (non-hydrogen) atoms. The van der Waals surface area contributed by atoms with E-state index in [1.807, 2.05) is 6.08 Å². The van der Waals surface area contributed by atoms with Crippen LogP contribution in [0.25, 0.3) is 0 Å². The quantitative estimate of drug-likeness (QED) is 0.562. The van der Waals surface area contributed by atoms with Crippen molar-refractivity contribution in [3.63, 3.8) is 0 Å². The van der Waals surface area contributed by atoms with Crippen LogP contribution < -0.4 is 5.32 Å². The van der Waals surface area contributed by atoms with Crippen LogP contribution in [0.3, 0.4) is 0 Å². The van der Waals surface area contributed by atoms with Gasteiger partial charge in [0, 0.05) is 5.92 Å². The molecule has 0 aromatic carbocycles. The van der Waals surface area contributed by atoms with E-state index in [1.54, 1.807) is 6.20 Å². The standard InChI is InChI=1S/C8H7F2N/c9-6-3-5-1-2-11-8(5)4-7(6)10/h1-5,8,11H. The van der Waals surface area contributed by atoms with E-state index < -0.39 is 11.7 Å². The molecule has 0 spiro atoms. The van der Waals surface area contributed by atoms with Gasteiger partial charge in [0.2, 0.25) is 0 Å². The average Bonchev–Trinajstić information content (AvgIpc) is 2.36. The molecule has 2 rings (SSSR count). The van der Waals surface area contributed by atoms with Crippen molar-refractivity contribution in [3.8, 4) is 0 Å². The second kappa shape index (κ2) is 2.19. The van der Waals surface area contributed by atoms with Crippen LogP contribution in [0, 0.1) is 5.92 Å². The Hall–Kier alpha value is -1.12. The molecule has 0 aromatic heterocycles. The Balaban J connectivity index is 2.31. The van der Waals surface area contributed by atoms with Crippen LogP contribution in [0.5, 0.6) is 0 Å². The summed E-state index contributed by atoms with van der Waals surface area (Å²) in [5.41, 5.74) is 0. The first kappa shape index (κ1) is 6.58. The highest BCUT2D eigenvalue weighted by Gasteiger charge is 2.25. The van der Waals surface area contributed by atoms with Gasteiger partial charge in [-0.25, -0.2) is 8.78 Å². The second-order valence-corrected chi connectivity index (χ2v) is 2.66. The number of hydrogen-bond acceptors (Lipinski definition) is 1. The summed E-state index contributed by atoms with van der Waals surface area (Å²) in [7, 11) is 0. The van der Waals surface area contributed by atoms with E-state index in [4.69, 9.17) is 0 Å². The van der Waals surface area contributed by atoms with Crippen molar-refractivity contribution < 1.29 is 8.78 Å². The molecule has 1 aliphatic heterocycles. The van der Waals surface area contributed by atoms with Gasteiger partial charge in [-0.1, -0.05) is 6.08 Å². The first-order valence-electron chi connectivity index (χ1n) is 3.45. The lowest BCUT2D eigenvalue weighted by molar-refractivity contribution is 0.498. The molecule has 0 saturated carbocycles. The fourth-order valence-electron chi connectivity index (χ4n) is 1.31. The van der Waals surface area contributed by atoms with Gasteiger partial charge >= 0.3 is 0 Å². The molecule has 0 amide bonds. The van der Waals surface area contributed by atoms with Crippen LogP contribution in [0.4, 0.5) is 8.78 Å². The number of fused-ring (bicyclic) bond motifs is 1. The highest BCUT2D eigenvalue weighted by Crippen LogP contribution is 2.27. The zero-order valence-electron chi connectivity index (χ0n) is 5.72. The zero-order chi connectivity index (χ0) is 7.84. The van der Waals surface area contributed by atoms with Gasteiger partial charge in [0.05, 0.1) is 6.04 Å². The van der Waals surface area contributed by atoms with Gasteiger partial charge < -0.3 is 5.32 Å². The number of nitrogens with one attached hydrogen (secondary N) is 1. The molecular weight excluding hydrogens is 148 g/mol. The van der Waals surface area contributed by atoms with Gasteiger partial charge in [0.25, 0.3) is 0 Å². The molecule has 2 aliphatic rings. The number of hydrogen-bond donors (Lipinski definition) is 1. The van der Waals surface area contributed by atoms with Crippen molar-refractivity contribution in [2.75, 3.05) is 0 Å². The molecule has 1 N–H and O–H groups in total. The van der Waals surface area contributed by atoms with Gasteiger partial charge in [-0.2, -0.15) is 0 Å². The highest BCUT2D eigenvalue weighted by molar-refractivity contribution is 5.32. The van der Waals surface area contributed by atoms with E-state index in [0.717, 1.165) is 0 Å². The molecule has 0 bridgehead atoms. The Bertz CT molecular complexity index is 265. The van der Waals surface area contributed by atoms with Crippen molar-refractivity contribution >= 4 is 0 Å². The maximum absolute atomic E-state index is 12.6. The van der Waals surface area contributed by atoms with Crippen LogP contribution in [0.1, 0.15) is 0 Å². The predicted octanol–water partition coefficient (Wildman–Crippen LogP) is 1.81. The van der Waals surface area contributed by atoms with Crippen LogP contribution in [0.2, 0.25) is 0 Å². The molecular formula is C8H7F2N. The topological polar surface area (TPSA) is 12.0 Å². The minimum absolute atomic E-state index is 0.0190. The fourth-order valence-corrected chi connectivity index (χ4v) is 1.31. The highest BCUT2D eigenvalue weighted by atomic mass is 19.2. The minimum Gasteiger partial charge on any atom is -0.384 e.